The molecular formula is C7H9F2OS. The second-order valence-corrected chi connectivity index (χ2v) is 3.63. The van der Waals surface area contributed by atoms with E-state index in [0.29, 0.717) is 11.5 Å². The van der Waals surface area contributed by atoms with Crippen molar-refractivity contribution in [3.8, 4) is 0 Å². The molecule has 0 unspecified atom stereocenters. The zero-order valence-electron chi connectivity index (χ0n) is 5.98. The number of rotatable bonds is 3. The van der Waals surface area contributed by atoms with Crippen LogP contribution in [0.2, 0.25) is 0 Å². The van der Waals surface area contributed by atoms with Crippen LogP contribution in [0.3, 0.4) is 0 Å². The lowest BCUT2D eigenvalue weighted by Gasteiger charge is -2.26. The van der Waals surface area contributed by atoms with E-state index in [4.69, 9.17) is 0 Å². The van der Waals surface area contributed by atoms with E-state index >= 15 is 0 Å². The number of Topliss-reactive ketones (excluding diaryl/α,β-unsaturated/α-hetero) is 1. The minimum absolute atomic E-state index is 0.420. The van der Waals surface area contributed by atoms with Gasteiger partial charge < -0.3 is 0 Å². The Hall–Kier alpha value is -0.120. The molecule has 0 aromatic rings. The van der Waals surface area contributed by atoms with Gasteiger partial charge in [-0.2, -0.15) is 20.5 Å². The van der Waals surface area contributed by atoms with Gasteiger partial charge in [0.15, 0.2) is 0 Å². The predicted molar refractivity (Wildman–Crippen MR) is 40.7 cm³/mol. The molecule has 0 aromatic carbocycles. The smallest absolute Gasteiger partial charge is 0.293 e. The largest absolute Gasteiger partial charge is 0.305 e. The summed E-state index contributed by atoms with van der Waals surface area (Å²) in [7, 11) is 0. The number of carbonyl (C=O) groups is 1. The first-order chi connectivity index (χ1) is 5.08. The fourth-order valence-corrected chi connectivity index (χ4v) is 1.58. The van der Waals surface area contributed by atoms with Gasteiger partial charge in [-0.1, -0.05) is 0 Å². The van der Waals surface area contributed by atoms with Crippen LogP contribution in [0.1, 0.15) is 6.42 Å². The van der Waals surface area contributed by atoms with Gasteiger partial charge in [0.2, 0.25) is 5.78 Å². The Labute approximate surface area is 68.5 Å². The Kier molecular flexibility index (Phi) is 2.52. The maximum absolute atomic E-state index is 12.6. The van der Waals surface area contributed by atoms with E-state index < -0.39 is 24.0 Å². The zero-order chi connectivity index (χ0) is 8.48. The molecule has 4 heteroatoms. The summed E-state index contributed by atoms with van der Waals surface area (Å²) in [5.74, 6) is -3.43. The molecule has 0 amide bonds. The van der Waals surface area contributed by atoms with Crippen molar-refractivity contribution < 1.29 is 13.6 Å². The molecule has 0 atom stereocenters. The van der Waals surface area contributed by atoms with Crippen LogP contribution in [0, 0.1) is 12.8 Å². The highest BCUT2D eigenvalue weighted by Crippen LogP contribution is 2.32. The molecule has 0 N–H and O–H groups in total. The molecule has 0 aromatic heterocycles. The minimum Gasteiger partial charge on any atom is -0.293 e. The number of halogens is 2. The van der Waals surface area contributed by atoms with Gasteiger partial charge in [0.25, 0.3) is 0 Å². The van der Waals surface area contributed by atoms with E-state index in [9.17, 15) is 13.6 Å². The van der Waals surface area contributed by atoms with E-state index in [1.54, 1.807) is 0 Å². The number of thioether (sulfide) groups is 1. The highest BCUT2D eigenvalue weighted by molar-refractivity contribution is 8.00. The third-order valence-electron chi connectivity index (χ3n) is 1.68. The van der Waals surface area contributed by atoms with Crippen molar-refractivity contribution in [2.45, 2.75) is 12.3 Å². The standard InChI is InChI=1S/C7H9F2OS/c1-2-7(8,9)6(10)5-3-11-4-5/h5H,1-4H2. The fraction of sp³-hybridized carbons (Fsp3) is 0.714. The van der Waals surface area contributed by atoms with Crippen LogP contribution in [0.5, 0.6) is 0 Å². The topological polar surface area (TPSA) is 17.1 Å². The molecule has 11 heavy (non-hydrogen) atoms. The van der Waals surface area contributed by atoms with Gasteiger partial charge in [-0.25, -0.2) is 0 Å². The zero-order valence-corrected chi connectivity index (χ0v) is 6.79. The molecule has 63 valence electrons. The second kappa shape index (κ2) is 3.09. The Morgan fingerprint density at radius 3 is 2.45 bits per heavy atom. The van der Waals surface area contributed by atoms with Gasteiger partial charge in [-0.05, 0) is 6.92 Å². The molecule has 0 aliphatic carbocycles. The number of hydrogen-bond acceptors (Lipinski definition) is 2. The molecule has 1 aliphatic heterocycles. The number of hydrogen-bond donors (Lipinski definition) is 0. The van der Waals surface area contributed by atoms with E-state index in [2.05, 4.69) is 6.92 Å². The monoisotopic (exact) mass is 179 g/mol. The minimum atomic E-state index is -3.19. The van der Waals surface area contributed by atoms with E-state index in [-0.39, 0.29) is 0 Å². The highest BCUT2D eigenvalue weighted by Gasteiger charge is 2.43. The summed E-state index contributed by atoms with van der Waals surface area (Å²) in [5.41, 5.74) is 0. The van der Waals surface area contributed by atoms with Gasteiger partial charge in [-0.15, -0.1) is 0 Å². The molecule has 0 bridgehead atoms. The van der Waals surface area contributed by atoms with Gasteiger partial charge >= 0.3 is 5.92 Å². The van der Waals surface area contributed by atoms with Crippen molar-refractivity contribution in [1.29, 1.82) is 0 Å². The van der Waals surface area contributed by atoms with Crippen molar-refractivity contribution in [2.24, 2.45) is 5.92 Å². The van der Waals surface area contributed by atoms with E-state index in [0.717, 1.165) is 0 Å². The maximum Gasteiger partial charge on any atom is 0.305 e. The molecule has 1 nitrogen and oxygen atoms in total. The van der Waals surface area contributed by atoms with Crippen LogP contribution in [-0.4, -0.2) is 23.2 Å². The molecule has 0 saturated carbocycles. The summed E-state index contributed by atoms with van der Waals surface area (Å²) in [4.78, 5) is 10.9. The second-order valence-electron chi connectivity index (χ2n) is 2.55. The Morgan fingerprint density at radius 1 is 1.64 bits per heavy atom. The maximum atomic E-state index is 12.6. The molecule has 1 aliphatic rings. The highest BCUT2D eigenvalue weighted by atomic mass is 32.2. The van der Waals surface area contributed by atoms with E-state index in [1.807, 2.05) is 0 Å². The lowest BCUT2D eigenvalue weighted by atomic mass is 10.0. The van der Waals surface area contributed by atoms with Crippen LogP contribution >= 0.6 is 11.8 Å². The van der Waals surface area contributed by atoms with Crippen molar-refractivity contribution in [3.05, 3.63) is 6.92 Å². The first-order valence-electron chi connectivity index (χ1n) is 3.37. The summed E-state index contributed by atoms with van der Waals surface area (Å²) < 4.78 is 25.2. The third-order valence-corrected chi connectivity index (χ3v) is 2.96. The van der Waals surface area contributed by atoms with Gasteiger partial charge in [0.05, 0.1) is 0 Å². The molecule has 1 radical (unpaired) electrons. The number of alkyl halides is 2. The molecule has 1 saturated heterocycles. The summed E-state index contributed by atoms with van der Waals surface area (Å²) in [6.07, 6.45) is -0.618. The number of ketones is 1. The first kappa shape index (κ1) is 8.97. The summed E-state index contributed by atoms with van der Waals surface area (Å²) >= 11 is 1.53. The van der Waals surface area contributed by atoms with Gasteiger partial charge in [0.1, 0.15) is 0 Å². The summed E-state index contributed by atoms with van der Waals surface area (Å²) in [6.45, 7) is 3.04. The van der Waals surface area contributed by atoms with Crippen LogP contribution in [-0.2, 0) is 4.79 Å². The average Bonchev–Trinajstić information content (AvgIpc) is 1.84. The molecular weight excluding hydrogens is 170 g/mol. The fourth-order valence-electron chi connectivity index (χ4n) is 0.809. The number of carbonyl (C=O) groups excluding carboxylic acids is 1. The quantitative estimate of drug-likeness (QED) is 0.657. The van der Waals surface area contributed by atoms with Crippen LogP contribution in [0.4, 0.5) is 8.78 Å². The Balaban J connectivity index is 2.51. The van der Waals surface area contributed by atoms with Crippen LogP contribution in [0.25, 0.3) is 0 Å². The average molecular weight is 179 g/mol. The van der Waals surface area contributed by atoms with Gasteiger partial charge in [-0.3, -0.25) is 4.79 Å². The molecule has 1 fully saturated rings. The van der Waals surface area contributed by atoms with Crippen LogP contribution in [0.15, 0.2) is 0 Å². The molecule has 1 rings (SSSR count). The molecule has 0 spiro atoms. The van der Waals surface area contributed by atoms with E-state index in [1.165, 1.54) is 11.8 Å². The van der Waals surface area contributed by atoms with Crippen LogP contribution < -0.4 is 0 Å². The summed E-state index contributed by atoms with van der Waals surface area (Å²) in [6, 6.07) is 0. The predicted octanol–water partition coefficient (Wildman–Crippen LogP) is 1.78. The van der Waals surface area contributed by atoms with Crippen molar-refractivity contribution in [2.75, 3.05) is 11.5 Å². The molecule has 1 heterocycles. The summed E-state index contributed by atoms with van der Waals surface area (Å²) in [5, 5.41) is 0. The SMILES string of the molecule is [CH2]CC(F)(F)C(=O)C1CSC1. The Bertz CT molecular complexity index is 166. The normalized spacial score (nSPS) is 19.5. The first-order valence-corrected chi connectivity index (χ1v) is 4.52. The lowest BCUT2D eigenvalue weighted by molar-refractivity contribution is -0.146. The lowest BCUT2D eigenvalue weighted by Crippen LogP contribution is -2.40. The van der Waals surface area contributed by atoms with Gasteiger partial charge in [0, 0.05) is 23.8 Å². The van der Waals surface area contributed by atoms with Crippen molar-refractivity contribution >= 4 is 17.5 Å². The van der Waals surface area contributed by atoms with Crippen molar-refractivity contribution in [3.63, 3.8) is 0 Å². The third kappa shape index (κ3) is 1.72. The Morgan fingerprint density at radius 2 is 2.18 bits per heavy atom. The van der Waals surface area contributed by atoms with Crippen molar-refractivity contribution in [1.82, 2.24) is 0 Å².